The normalized spacial score (nSPS) is 16.2. The fourth-order valence-electron chi connectivity index (χ4n) is 3.23. The third-order valence-corrected chi connectivity index (χ3v) is 7.87. The van der Waals surface area contributed by atoms with Crippen LogP contribution in [0, 0.1) is 19.7 Å². The van der Waals surface area contributed by atoms with E-state index in [2.05, 4.69) is 10.2 Å². The van der Waals surface area contributed by atoms with E-state index in [0.717, 1.165) is 9.75 Å². The van der Waals surface area contributed by atoms with Gasteiger partial charge in [0.1, 0.15) is 5.82 Å². The van der Waals surface area contributed by atoms with Crippen LogP contribution in [0.1, 0.15) is 16.2 Å². The lowest BCUT2D eigenvalue weighted by Gasteiger charge is -2.33. The van der Waals surface area contributed by atoms with Crippen molar-refractivity contribution in [3.8, 4) is 0 Å². The summed E-state index contributed by atoms with van der Waals surface area (Å²) in [5, 5.41) is 2.57. The first kappa shape index (κ1) is 20.9. The summed E-state index contributed by atoms with van der Waals surface area (Å²) in [6.45, 7) is 6.15. The Kier molecular flexibility index (Phi) is 6.49. The quantitative estimate of drug-likeness (QED) is 0.773. The van der Waals surface area contributed by atoms with Crippen molar-refractivity contribution in [2.24, 2.45) is 0 Å². The molecule has 1 aromatic heterocycles. The van der Waals surface area contributed by atoms with Crippen molar-refractivity contribution in [2.45, 2.75) is 25.2 Å². The van der Waals surface area contributed by atoms with Gasteiger partial charge in [-0.2, -0.15) is 4.31 Å². The first-order chi connectivity index (χ1) is 13.3. The molecule has 0 spiro atoms. The molecule has 1 aromatic carbocycles. The maximum atomic E-state index is 13.6. The van der Waals surface area contributed by atoms with Gasteiger partial charge in [-0.1, -0.05) is 12.1 Å². The lowest BCUT2D eigenvalue weighted by atomic mass is 10.2. The van der Waals surface area contributed by atoms with Gasteiger partial charge in [-0.25, -0.2) is 12.8 Å². The Morgan fingerprint density at radius 2 is 1.86 bits per heavy atom. The van der Waals surface area contributed by atoms with Crippen LogP contribution in [0.25, 0.3) is 0 Å². The van der Waals surface area contributed by atoms with Gasteiger partial charge < -0.3 is 10.2 Å². The van der Waals surface area contributed by atoms with Gasteiger partial charge in [-0.15, -0.1) is 11.3 Å². The van der Waals surface area contributed by atoms with Gasteiger partial charge in [0.05, 0.1) is 10.6 Å². The second-order valence-electron chi connectivity index (χ2n) is 6.80. The van der Waals surface area contributed by atoms with E-state index in [1.165, 1.54) is 27.8 Å². The van der Waals surface area contributed by atoms with Gasteiger partial charge in [0, 0.05) is 48.9 Å². The van der Waals surface area contributed by atoms with E-state index in [-0.39, 0.29) is 18.0 Å². The van der Waals surface area contributed by atoms with E-state index in [9.17, 15) is 17.6 Å². The summed E-state index contributed by atoms with van der Waals surface area (Å²) in [5.74, 6) is -0.724. The molecule has 1 fully saturated rings. The molecular weight excluding hydrogens is 401 g/mol. The number of carbonyl (C=O) groups excluding carboxylic acids is 1. The number of benzene rings is 1. The fourth-order valence-corrected chi connectivity index (χ4v) is 6.18. The second-order valence-corrected chi connectivity index (χ2v) is 10.2. The molecule has 3 rings (SSSR count). The minimum Gasteiger partial charge on any atom is -0.324 e. The van der Waals surface area contributed by atoms with Crippen molar-refractivity contribution in [1.82, 2.24) is 9.21 Å². The largest absolute Gasteiger partial charge is 0.324 e. The number of halogens is 1. The zero-order valence-corrected chi connectivity index (χ0v) is 17.6. The van der Waals surface area contributed by atoms with Gasteiger partial charge >= 0.3 is 0 Å². The zero-order chi connectivity index (χ0) is 20.3. The van der Waals surface area contributed by atoms with E-state index in [1.54, 1.807) is 18.2 Å². The van der Waals surface area contributed by atoms with E-state index in [0.29, 0.717) is 37.6 Å². The third kappa shape index (κ3) is 4.78. The predicted molar refractivity (Wildman–Crippen MR) is 109 cm³/mol. The molecule has 0 saturated carbocycles. The highest BCUT2D eigenvalue weighted by molar-refractivity contribution is 7.89. The molecular formula is C19H24FN3O3S2. The molecule has 6 nitrogen and oxygen atoms in total. The number of hydrogen-bond acceptors (Lipinski definition) is 5. The van der Waals surface area contributed by atoms with Crippen molar-refractivity contribution in [3.63, 3.8) is 0 Å². The van der Waals surface area contributed by atoms with Crippen LogP contribution in [0.15, 0.2) is 35.2 Å². The molecule has 0 atom stereocenters. The molecule has 0 bridgehead atoms. The average molecular weight is 426 g/mol. The van der Waals surface area contributed by atoms with Crippen LogP contribution < -0.4 is 5.32 Å². The number of para-hydroxylation sites is 1. The number of nitrogens with one attached hydrogen (secondary N) is 1. The van der Waals surface area contributed by atoms with Crippen LogP contribution in [0.2, 0.25) is 0 Å². The molecule has 1 amide bonds. The predicted octanol–water partition coefficient (Wildman–Crippen LogP) is 2.84. The number of sulfonamides is 1. The van der Waals surface area contributed by atoms with E-state index in [4.69, 9.17) is 0 Å². The first-order valence-electron chi connectivity index (χ1n) is 9.11. The smallest absolute Gasteiger partial charge is 0.244 e. The molecule has 0 aliphatic carbocycles. The summed E-state index contributed by atoms with van der Waals surface area (Å²) in [7, 11) is -3.48. The lowest BCUT2D eigenvalue weighted by Crippen LogP contribution is -2.49. The lowest BCUT2D eigenvalue weighted by molar-refractivity contribution is -0.116. The van der Waals surface area contributed by atoms with Gasteiger partial charge in [-0.3, -0.25) is 4.79 Å². The summed E-state index contributed by atoms with van der Waals surface area (Å²) >= 11 is 1.49. The molecule has 9 heteroatoms. The Morgan fingerprint density at radius 3 is 2.46 bits per heavy atom. The monoisotopic (exact) mass is 425 g/mol. The first-order valence-corrected chi connectivity index (χ1v) is 11.4. The van der Waals surface area contributed by atoms with Crippen molar-refractivity contribution in [2.75, 3.05) is 38.0 Å². The summed E-state index contributed by atoms with van der Waals surface area (Å²) < 4.78 is 40.8. The zero-order valence-electron chi connectivity index (χ0n) is 15.9. The number of thiophene rings is 1. The highest BCUT2D eigenvalue weighted by Gasteiger charge is 2.30. The Balaban J connectivity index is 1.50. The fraction of sp³-hybridized carbons (Fsp3) is 0.421. The Labute approximate surface area is 169 Å². The highest BCUT2D eigenvalue weighted by Crippen LogP contribution is 2.28. The van der Waals surface area contributed by atoms with Crippen molar-refractivity contribution in [1.29, 1.82) is 0 Å². The van der Waals surface area contributed by atoms with Crippen LogP contribution in [0.3, 0.4) is 0 Å². The van der Waals surface area contributed by atoms with E-state index >= 15 is 0 Å². The number of nitrogens with zero attached hydrogens (tertiary/aromatic N) is 2. The van der Waals surface area contributed by atoms with Crippen LogP contribution >= 0.6 is 11.3 Å². The van der Waals surface area contributed by atoms with Crippen molar-refractivity contribution < 1.29 is 17.6 Å². The number of piperazine rings is 1. The Hall–Kier alpha value is -1.81. The molecule has 28 heavy (non-hydrogen) atoms. The van der Waals surface area contributed by atoms with Gasteiger partial charge in [0.15, 0.2) is 0 Å². The Bertz CT molecular complexity index is 951. The number of carbonyl (C=O) groups is 1. The Morgan fingerprint density at radius 1 is 1.18 bits per heavy atom. The molecule has 1 saturated heterocycles. The number of hydrogen-bond donors (Lipinski definition) is 1. The summed E-state index contributed by atoms with van der Waals surface area (Å²) in [5.41, 5.74) is 0.171. The summed E-state index contributed by atoms with van der Waals surface area (Å²) in [4.78, 5) is 16.3. The topological polar surface area (TPSA) is 69.7 Å². The standard InChI is InChI=1S/C19H24FN3O3S2/c1-14-13-18(15(2)27-14)28(25,26)23-11-9-22(10-12-23)8-7-19(24)21-17-6-4-3-5-16(17)20/h3-6,13H,7-12H2,1-2H3,(H,21,24). The van der Waals surface area contributed by atoms with Gasteiger partial charge in [0.2, 0.25) is 15.9 Å². The van der Waals surface area contributed by atoms with Crippen molar-refractivity contribution in [3.05, 3.63) is 45.9 Å². The molecule has 0 unspecified atom stereocenters. The van der Waals surface area contributed by atoms with Crippen LogP contribution in [-0.2, 0) is 14.8 Å². The maximum absolute atomic E-state index is 13.6. The molecule has 152 valence electrons. The summed E-state index contributed by atoms with van der Waals surface area (Å²) in [6.07, 6.45) is 0.226. The van der Waals surface area contributed by atoms with Crippen LogP contribution in [0.4, 0.5) is 10.1 Å². The molecule has 1 N–H and O–H groups in total. The molecule has 2 heterocycles. The van der Waals surface area contributed by atoms with Crippen LogP contribution in [-0.4, -0.2) is 56.3 Å². The number of anilines is 1. The minimum atomic E-state index is -3.48. The van der Waals surface area contributed by atoms with E-state index < -0.39 is 15.8 Å². The number of amides is 1. The van der Waals surface area contributed by atoms with Crippen molar-refractivity contribution >= 4 is 33.0 Å². The highest BCUT2D eigenvalue weighted by atomic mass is 32.2. The van der Waals surface area contributed by atoms with Crippen LogP contribution in [0.5, 0.6) is 0 Å². The second kappa shape index (κ2) is 8.69. The molecule has 2 aromatic rings. The molecule has 1 aliphatic heterocycles. The maximum Gasteiger partial charge on any atom is 0.244 e. The third-order valence-electron chi connectivity index (χ3n) is 4.75. The minimum absolute atomic E-state index is 0.171. The van der Waals surface area contributed by atoms with Gasteiger partial charge in [0.25, 0.3) is 0 Å². The van der Waals surface area contributed by atoms with Gasteiger partial charge in [-0.05, 0) is 32.0 Å². The average Bonchev–Trinajstić information content (AvgIpc) is 3.01. The van der Waals surface area contributed by atoms with E-state index in [1.807, 2.05) is 13.8 Å². The SMILES string of the molecule is Cc1cc(S(=O)(=O)N2CCN(CCC(=O)Nc3ccccc3F)CC2)c(C)s1. The molecule has 0 radical (unpaired) electrons. The summed E-state index contributed by atoms with van der Waals surface area (Å²) in [6, 6.07) is 7.78. The molecule has 1 aliphatic rings. The number of rotatable bonds is 6. The number of aryl methyl sites for hydroxylation is 2.